The van der Waals surface area contributed by atoms with Crippen molar-refractivity contribution in [3.05, 3.63) is 30.5 Å². The Morgan fingerprint density at radius 1 is 1.20 bits per heavy atom. The topological polar surface area (TPSA) is 136 Å². The first-order chi connectivity index (χ1) is 14.4. The molecule has 0 aliphatic carbocycles. The van der Waals surface area contributed by atoms with Crippen molar-refractivity contribution in [3.8, 4) is 5.75 Å². The number of aromatic nitrogens is 1. The van der Waals surface area contributed by atoms with Crippen molar-refractivity contribution < 1.29 is 29.9 Å². The molecule has 1 aromatic carbocycles. The monoisotopic (exact) mass is 421 g/mol. The van der Waals surface area contributed by atoms with E-state index in [1.165, 1.54) is 0 Å². The third-order valence-corrected chi connectivity index (χ3v) is 5.37. The van der Waals surface area contributed by atoms with Gasteiger partial charge in [-0.3, -0.25) is 10.3 Å². The van der Waals surface area contributed by atoms with E-state index in [-0.39, 0.29) is 6.04 Å². The van der Waals surface area contributed by atoms with Crippen molar-refractivity contribution >= 4 is 16.6 Å². The minimum absolute atomic E-state index is 0.152. The molecule has 1 aliphatic heterocycles. The van der Waals surface area contributed by atoms with Gasteiger partial charge in [0.2, 0.25) is 0 Å². The molecule has 9 nitrogen and oxygen atoms in total. The van der Waals surface area contributed by atoms with E-state index in [2.05, 4.69) is 22.5 Å². The molecule has 0 saturated carbocycles. The number of methoxy groups -OCH3 is 1. The van der Waals surface area contributed by atoms with E-state index in [4.69, 9.17) is 9.47 Å². The molecule has 0 bridgehead atoms. The zero-order valence-corrected chi connectivity index (χ0v) is 17.2. The van der Waals surface area contributed by atoms with E-state index in [0.29, 0.717) is 6.54 Å². The van der Waals surface area contributed by atoms with Crippen LogP contribution in [-0.2, 0) is 4.74 Å². The SMILES string of the molecule is COc1cc(NC(C)CCCNC2O[C@@H](CO)[C@H](O)[C@@H](O)[C@@H]2O)c2ncccc2c1. The molecular weight excluding hydrogens is 390 g/mol. The Morgan fingerprint density at radius 3 is 2.73 bits per heavy atom. The van der Waals surface area contributed by atoms with Gasteiger partial charge in [-0.25, -0.2) is 0 Å². The Labute approximate surface area is 175 Å². The summed E-state index contributed by atoms with van der Waals surface area (Å²) in [5.41, 5.74) is 1.78. The third kappa shape index (κ3) is 5.18. The van der Waals surface area contributed by atoms with Crippen LogP contribution in [0, 0.1) is 0 Å². The van der Waals surface area contributed by atoms with Gasteiger partial charge in [0.1, 0.15) is 36.4 Å². The summed E-state index contributed by atoms with van der Waals surface area (Å²) in [6, 6.07) is 7.91. The van der Waals surface area contributed by atoms with Gasteiger partial charge in [0.05, 0.1) is 24.9 Å². The lowest BCUT2D eigenvalue weighted by Gasteiger charge is -2.40. The highest BCUT2D eigenvalue weighted by molar-refractivity contribution is 5.91. The standard InChI is InChI=1S/C21H31N3O6/c1-12(24-15-10-14(29-2)9-13-6-4-7-22-17(13)15)5-3-8-23-21-20(28)19(27)18(26)16(11-25)30-21/h4,6-7,9-10,12,16,18-21,23-28H,3,5,8,11H2,1-2H3/t12?,16-,18-,19+,20-,21?/m0/s1. The highest BCUT2D eigenvalue weighted by atomic mass is 16.6. The molecule has 30 heavy (non-hydrogen) atoms. The average molecular weight is 421 g/mol. The van der Waals surface area contributed by atoms with Crippen LogP contribution < -0.4 is 15.4 Å². The smallest absolute Gasteiger partial charge is 0.137 e. The number of fused-ring (bicyclic) bond motifs is 1. The number of ether oxygens (including phenoxy) is 2. The Balaban J connectivity index is 1.51. The molecule has 0 amide bonds. The number of anilines is 1. The summed E-state index contributed by atoms with van der Waals surface area (Å²) in [7, 11) is 1.63. The van der Waals surface area contributed by atoms with Gasteiger partial charge in [0.25, 0.3) is 0 Å². The fourth-order valence-corrected chi connectivity index (χ4v) is 3.65. The maximum absolute atomic E-state index is 10.1. The van der Waals surface area contributed by atoms with Crippen LogP contribution in [0.3, 0.4) is 0 Å². The first kappa shape index (κ1) is 22.7. The minimum atomic E-state index is -1.37. The minimum Gasteiger partial charge on any atom is -0.497 e. The van der Waals surface area contributed by atoms with Crippen LogP contribution in [0.15, 0.2) is 30.5 Å². The molecule has 166 valence electrons. The lowest BCUT2D eigenvalue weighted by Crippen LogP contribution is -2.62. The fraction of sp³-hybridized carbons (Fsp3) is 0.571. The van der Waals surface area contributed by atoms with Crippen LogP contribution in [0.2, 0.25) is 0 Å². The summed E-state index contributed by atoms with van der Waals surface area (Å²) in [5, 5.41) is 46.5. The van der Waals surface area contributed by atoms with Gasteiger partial charge >= 0.3 is 0 Å². The first-order valence-corrected chi connectivity index (χ1v) is 10.2. The summed E-state index contributed by atoms with van der Waals surface area (Å²) in [5.74, 6) is 0.759. The highest BCUT2D eigenvalue weighted by Crippen LogP contribution is 2.28. The second-order valence-electron chi connectivity index (χ2n) is 7.64. The highest BCUT2D eigenvalue weighted by Gasteiger charge is 2.43. The lowest BCUT2D eigenvalue weighted by molar-refractivity contribution is -0.236. The van der Waals surface area contributed by atoms with Crippen LogP contribution >= 0.6 is 0 Å². The van der Waals surface area contributed by atoms with Crippen molar-refractivity contribution in [2.75, 3.05) is 25.6 Å². The van der Waals surface area contributed by atoms with Crippen molar-refractivity contribution in [1.29, 1.82) is 0 Å². The predicted molar refractivity (Wildman–Crippen MR) is 112 cm³/mol. The molecule has 3 rings (SSSR count). The number of hydrogen-bond acceptors (Lipinski definition) is 9. The number of pyridine rings is 1. The number of rotatable bonds is 9. The van der Waals surface area contributed by atoms with E-state index in [0.717, 1.165) is 35.2 Å². The van der Waals surface area contributed by atoms with E-state index in [1.807, 2.05) is 24.3 Å². The van der Waals surface area contributed by atoms with Gasteiger partial charge in [-0.15, -0.1) is 0 Å². The zero-order valence-electron chi connectivity index (χ0n) is 17.2. The molecule has 6 N–H and O–H groups in total. The summed E-state index contributed by atoms with van der Waals surface area (Å²) < 4.78 is 10.8. The van der Waals surface area contributed by atoms with Crippen molar-refractivity contribution in [3.63, 3.8) is 0 Å². The van der Waals surface area contributed by atoms with E-state index in [1.54, 1.807) is 13.3 Å². The van der Waals surface area contributed by atoms with Gasteiger partial charge in [-0.1, -0.05) is 6.07 Å². The molecular formula is C21H31N3O6. The number of aliphatic hydroxyl groups excluding tert-OH is 4. The second kappa shape index (κ2) is 10.3. The molecule has 1 fully saturated rings. The molecule has 1 aromatic heterocycles. The lowest BCUT2D eigenvalue weighted by atomic mass is 9.98. The average Bonchev–Trinajstić information content (AvgIpc) is 2.76. The molecule has 6 atom stereocenters. The maximum Gasteiger partial charge on any atom is 0.137 e. The Morgan fingerprint density at radius 2 is 2.00 bits per heavy atom. The molecule has 1 saturated heterocycles. The Bertz CT molecular complexity index is 820. The van der Waals surface area contributed by atoms with E-state index in [9.17, 15) is 20.4 Å². The number of benzene rings is 1. The first-order valence-electron chi connectivity index (χ1n) is 10.2. The number of hydrogen-bond donors (Lipinski definition) is 6. The van der Waals surface area contributed by atoms with Crippen molar-refractivity contribution in [2.24, 2.45) is 0 Å². The van der Waals surface area contributed by atoms with Gasteiger partial charge in [-0.2, -0.15) is 0 Å². The maximum atomic E-state index is 10.1. The predicted octanol–water partition coefficient (Wildman–Crippen LogP) is 0.214. The fourth-order valence-electron chi connectivity index (χ4n) is 3.65. The Hall–Kier alpha value is -2.01. The van der Waals surface area contributed by atoms with Crippen LogP contribution in [0.4, 0.5) is 5.69 Å². The molecule has 9 heteroatoms. The van der Waals surface area contributed by atoms with Gasteiger partial charge in [-0.05, 0) is 38.4 Å². The number of aliphatic hydroxyl groups is 4. The summed E-state index contributed by atoms with van der Waals surface area (Å²) >= 11 is 0. The normalized spacial score (nSPS) is 27.7. The quantitative estimate of drug-likeness (QED) is 0.314. The Kier molecular flexibility index (Phi) is 7.81. The zero-order chi connectivity index (χ0) is 21.7. The largest absolute Gasteiger partial charge is 0.497 e. The number of nitrogens with one attached hydrogen (secondary N) is 2. The van der Waals surface area contributed by atoms with Gasteiger partial charge in [0.15, 0.2) is 0 Å². The third-order valence-electron chi connectivity index (χ3n) is 5.37. The molecule has 0 radical (unpaired) electrons. The van der Waals surface area contributed by atoms with Crippen LogP contribution in [-0.4, -0.2) is 82.4 Å². The van der Waals surface area contributed by atoms with E-state index < -0.39 is 37.3 Å². The molecule has 2 aromatic rings. The molecule has 2 heterocycles. The van der Waals surface area contributed by atoms with Gasteiger partial charge in [0, 0.05) is 23.7 Å². The van der Waals surface area contributed by atoms with Gasteiger partial charge < -0.3 is 35.2 Å². The van der Waals surface area contributed by atoms with E-state index >= 15 is 0 Å². The molecule has 1 aliphatic rings. The molecule has 2 unspecified atom stereocenters. The summed E-state index contributed by atoms with van der Waals surface area (Å²) in [6.07, 6.45) is -2.39. The van der Waals surface area contributed by atoms with Crippen LogP contribution in [0.25, 0.3) is 10.9 Å². The molecule has 0 spiro atoms. The van der Waals surface area contributed by atoms with Crippen LogP contribution in [0.5, 0.6) is 5.75 Å². The van der Waals surface area contributed by atoms with Crippen LogP contribution in [0.1, 0.15) is 19.8 Å². The summed E-state index contributed by atoms with van der Waals surface area (Å²) in [4.78, 5) is 4.46. The number of nitrogens with zero attached hydrogens (tertiary/aromatic N) is 1. The van der Waals surface area contributed by atoms with Crippen molar-refractivity contribution in [2.45, 2.75) is 56.5 Å². The summed E-state index contributed by atoms with van der Waals surface area (Å²) in [6.45, 7) is 2.17. The second-order valence-corrected chi connectivity index (χ2v) is 7.64. The van der Waals surface area contributed by atoms with Crippen molar-refractivity contribution in [1.82, 2.24) is 10.3 Å².